The van der Waals surface area contributed by atoms with E-state index in [9.17, 15) is 9.59 Å². The third-order valence-electron chi connectivity index (χ3n) is 4.70. The topological polar surface area (TPSA) is 83.9 Å². The molecule has 1 aliphatic heterocycles. The van der Waals surface area contributed by atoms with Crippen LogP contribution in [0.15, 0.2) is 53.5 Å². The fourth-order valence-electron chi connectivity index (χ4n) is 3.32. The number of benzene rings is 1. The standard InChI is InChI=1S/C19H19N5O2/c1-23-12-14(9-10-16(23)25)19(26)24-11-5-8-15(24)18-20-17(21-22-18)13-6-3-2-4-7-13/h2-4,6-7,9-10,12,15H,5,8,11H2,1H3,(H,20,21,22)/t15-/m1/s1. The number of carbonyl (C=O) groups is 1. The molecule has 0 bridgehead atoms. The van der Waals surface area contributed by atoms with Crippen molar-refractivity contribution in [3.8, 4) is 11.4 Å². The van der Waals surface area contributed by atoms with Crippen LogP contribution >= 0.6 is 0 Å². The van der Waals surface area contributed by atoms with Crippen molar-refractivity contribution in [2.45, 2.75) is 18.9 Å². The normalized spacial score (nSPS) is 16.8. The molecule has 3 heterocycles. The number of nitrogens with one attached hydrogen (secondary N) is 1. The van der Waals surface area contributed by atoms with Crippen LogP contribution in [0.3, 0.4) is 0 Å². The van der Waals surface area contributed by atoms with Gasteiger partial charge in [-0.2, -0.15) is 5.10 Å². The van der Waals surface area contributed by atoms with E-state index in [2.05, 4.69) is 15.2 Å². The van der Waals surface area contributed by atoms with E-state index in [1.807, 2.05) is 30.3 Å². The van der Waals surface area contributed by atoms with Gasteiger partial charge in [-0.25, -0.2) is 4.98 Å². The summed E-state index contributed by atoms with van der Waals surface area (Å²) in [6.07, 6.45) is 3.32. The van der Waals surface area contributed by atoms with Crippen LogP contribution in [0.4, 0.5) is 0 Å². The summed E-state index contributed by atoms with van der Waals surface area (Å²) >= 11 is 0. The molecule has 1 aromatic carbocycles. The van der Waals surface area contributed by atoms with E-state index in [-0.39, 0.29) is 17.5 Å². The number of aromatic amines is 1. The van der Waals surface area contributed by atoms with Crippen LogP contribution in [0, 0.1) is 0 Å². The molecule has 3 aromatic rings. The van der Waals surface area contributed by atoms with E-state index in [1.165, 1.54) is 10.6 Å². The van der Waals surface area contributed by atoms with Gasteiger partial charge in [0.15, 0.2) is 5.82 Å². The van der Waals surface area contributed by atoms with Crippen molar-refractivity contribution in [2.24, 2.45) is 7.05 Å². The van der Waals surface area contributed by atoms with Crippen LogP contribution < -0.4 is 5.56 Å². The Morgan fingerprint density at radius 2 is 2.00 bits per heavy atom. The molecule has 1 N–H and O–H groups in total. The maximum atomic E-state index is 12.9. The molecular weight excluding hydrogens is 330 g/mol. The van der Waals surface area contributed by atoms with Gasteiger partial charge in [0.25, 0.3) is 5.91 Å². The largest absolute Gasteiger partial charge is 0.328 e. The minimum Gasteiger partial charge on any atom is -0.328 e. The van der Waals surface area contributed by atoms with E-state index < -0.39 is 0 Å². The number of rotatable bonds is 3. The number of H-pyrrole nitrogens is 1. The van der Waals surface area contributed by atoms with Crippen LogP contribution in [-0.2, 0) is 7.05 Å². The molecule has 7 heteroatoms. The molecule has 4 rings (SSSR count). The highest BCUT2D eigenvalue weighted by Gasteiger charge is 2.33. The molecule has 132 valence electrons. The zero-order chi connectivity index (χ0) is 18.1. The van der Waals surface area contributed by atoms with Crippen LogP contribution in [0.25, 0.3) is 11.4 Å². The molecule has 1 fully saturated rings. The molecule has 0 aliphatic carbocycles. The predicted molar refractivity (Wildman–Crippen MR) is 96.5 cm³/mol. The van der Waals surface area contributed by atoms with Gasteiger partial charge in [-0.1, -0.05) is 30.3 Å². The molecule has 1 saturated heterocycles. The molecule has 1 aliphatic rings. The number of aromatic nitrogens is 4. The first-order valence-electron chi connectivity index (χ1n) is 8.59. The fraction of sp³-hybridized carbons (Fsp3) is 0.263. The predicted octanol–water partition coefficient (Wildman–Crippen LogP) is 2.15. The van der Waals surface area contributed by atoms with Crippen LogP contribution in [-0.4, -0.2) is 37.1 Å². The van der Waals surface area contributed by atoms with E-state index in [0.717, 1.165) is 18.4 Å². The Kier molecular flexibility index (Phi) is 4.12. The molecule has 1 amide bonds. The first-order valence-corrected chi connectivity index (χ1v) is 8.59. The molecule has 0 saturated carbocycles. The number of aryl methyl sites for hydroxylation is 1. The minimum atomic E-state index is -0.137. The molecule has 7 nitrogen and oxygen atoms in total. The van der Waals surface area contributed by atoms with E-state index in [1.54, 1.807) is 24.2 Å². The number of hydrogen-bond acceptors (Lipinski definition) is 4. The van der Waals surface area contributed by atoms with E-state index >= 15 is 0 Å². The van der Waals surface area contributed by atoms with Crippen molar-refractivity contribution < 1.29 is 4.79 Å². The highest BCUT2D eigenvalue weighted by molar-refractivity contribution is 5.94. The summed E-state index contributed by atoms with van der Waals surface area (Å²) in [6, 6.07) is 12.6. The van der Waals surface area contributed by atoms with Crippen molar-refractivity contribution in [2.75, 3.05) is 6.54 Å². The highest BCUT2D eigenvalue weighted by atomic mass is 16.2. The lowest BCUT2D eigenvalue weighted by molar-refractivity contribution is 0.0729. The molecule has 0 spiro atoms. The summed E-state index contributed by atoms with van der Waals surface area (Å²) in [6.45, 7) is 0.660. The lowest BCUT2D eigenvalue weighted by Gasteiger charge is -2.23. The number of amides is 1. The van der Waals surface area contributed by atoms with E-state index in [0.29, 0.717) is 23.8 Å². The van der Waals surface area contributed by atoms with Gasteiger partial charge in [0, 0.05) is 31.4 Å². The Bertz CT molecular complexity index is 992. The van der Waals surface area contributed by atoms with Gasteiger partial charge >= 0.3 is 0 Å². The Balaban J connectivity index is 1.60. The summed E-state index contributed by atoms with van der Waals surface area (Å²) in [7, 11) is 1.64. The summed E-state index contributed by atoms with van der Waals surface area (Å²) in [4.78, 5) is 30.9. The monoisotopic (exact) mass is 349 g/mol. The van der Waals surface area contributed by atoms with Crippen molar-refractivity contribution in [3.63, 3.8) is 0 Å². The second-order valence-electron chi connectivity index (χ2n) is 6.43. The van der Waals surface area contributed by atoms with Crippen LogP contribution in [0.5, 0.6) is 0 Å². The van der Waals surface area contributed by atoms with Gasteiger partial charge in [0.05, 0.1) is 11.6 Å². The summed E-state index contributed by atoms with van der Waals surface area (Å²) in [5.74, 6) is 1.22. The quantitative estimate of drug-likeness (QED) is 0.785. The zero-order valence-electron chi connectivity index (χ0n) is 14.4. The van der Waals surface area contributed by atoms with Crippen molar-refractivity contribution in [1.29, 1.82) is 0 Å². The molecule has 2 aromatic heterocycles. The third-order valence-corrected chi connectivity index (χ3v) is 4.70. The van der Waals surface area contributed by atoms with Crippen molar-refractivity contribution >= 4 is 5.91 Å². The average molecular weight is 349 g/mol. The number of carbonyl (C=O) groups excluding carboxylic acids is 1. The fourth-order valence-corrected chi connectivity index (χ4v) is 3.32. The first kappa shape index (κ1) is 16.3. The lowest BCUT2D eigenvalue weighted by atomic mass is 10.2. The van der Waals surface area contributed by atoms with Crippen LogP contribution in [0.1, 0.15) is 35.1 Å². The Labute approximate surface area is 150 Å². The number of likely N-dealkylation sites (tertiary alicyclic amines) is 1. The average Bonchev–Trinajstić information content (AvgIpc) is 3.33. The van der Waals surface area contributed by atoms with Crippen molar-refractivity contribution in [1.82, 2.24) is 24.6 Å². The molecular formula is C19H19N5O2. The first-order chi connectivity index (χ1) is 12.6. The zero-order valence-corrected chi connectivity index (χ0v) is 14.4. The summed E-state index contributed by atoms with van der Waals surface area (Å²) in [5, 5.41) is 7.30. The molecule has 0 unspecified atom stereocenters. The summed E-state index contributed by atoms with van der Waals surface area (Å²) in [5.41, 5.74) is 1.30. The van der Waals surface area contributed by atoms with Gasteiger partial charge in [0.1, 0.15) is 5.82 Å². The molecule has 26 heavy (non-hydrogen) atoms. The number of nitrogens with zero attached hydrogens (tertiary/aromatic N) is 4. The minimum absolute atomic E-state index is 0.0965. The van der Waals surface area contributed by atoms with E-state index in [4.69, 9.17) is 0 Å². The smallest absolute Gasteiger partial charge is 0.255 e. The summed E-state index contributed by atoms with van der Waals surface area (Å²) < 4.78 is 1.42. The Morgan fingerprint density at radius 3 is 2.77 bits per heavy atom. The number of pyridine rings is 1. The maximum absolute atomic E-state index is 12.9. The lowest BCUT2D eigenvalue weighted by Crippen LogP contribution is -2.32. The van der Waals surface area contributed by atoms with Crippen LogP contribution in [0.2, 0.25) is 0 Å². The van der Waals surface area contributed by atoms with Crippen molar-refractivity contribution in [3.05, 3.63) is 70.4 Å². The Hall–Kier alpha value is -3.22. The highest BCUT2D eigenvalue weighted by Crippen LogP contribution is 2.31. The second kappa shape index (κ2) is 6.59. The Morgan fingerprint density at radius 1 is 1.19 bits per heavy atom. The SMILES string of the molecule is Cn1cc(C(=O)N2CCC[C@@H]2c2nc(-c3ccccc3)n[nH]2)ccc1=O. The molecule has 0 radical (unpaired) electrons. The maximum Gasteiger partial charge on any atom is 0.255 e. The van der Waals surface area contributed by atoms with Gasteiger partial charge in [-0.05, 0) is 18.9 Å². The number of hydrogen-bond donors (Lipinski definition) is 1. The van der Waals surface area contributed by atoms with Gasteiger partial charge < -0.3 is 9.47 Å². The van der Waals surface area contributed by atoms with Gasteiger partial charge in [0.2, 0.25) is 5.56 Å². The second-order valence-corrected chi connectivity index (χ2v) is 6.43. The third kappa shape index (κ3) is 2.92. The van der Waals surface area contributed by atoms with Gasteiger partial charge in [-0.3, -0.25) is 14.7 Å². The molecule has 1 atom stereocenters. The van der Waals surface area contributed by atoms with Gasteiger partial charge in [-0.15, -0.1) is 0 Å².